The van der Waals surface area contributed by atoms with E-state index in [1.807, 2.05) is 0 Å². The zero-order valence-electron chi connectivity index (χ0n) is 15.7. The Balaban J connectivity index is 2.14. The molecule has 0 heterocycles. The fourth-order valence-electron chi connectivity index (χ4n) is 2.38. The topological polar surface area (TPSA) is 166 Å². The number of phenolic OH excluding ortho intramolecular Hbond substituents is 3. The van der Waals surface area contributed by atoms with Crippen LogP contribution in [0.2, 0.25) is 0 Å². The first-order chi connectivity index (χ1) is 14.3. The summed E-state index contributed by atoms with van der Waals surface area (Å²) < 4.78 is 4.90. The van der Waals surface area contributed by atoms with Crippen LogP contribution in [0.3, 0.4) is 0 Å². The summed E-state index contributed by atoms with van der Waals surface area (Å²) in [6, 6.07) is 8.26. The van der Waals surface area contributed by atoms with Crippen molar-refractivity contribution in [3.8, 4) is 29.1 Å². The number of hydrogen-bond donors (Lipinski definition) is 4. The van der Waals surface area contributed by atoms with Gasteiger partial charge < -0.3 is 25.4 Å². The molecule has 0 saturated heterocycles. The van der Waals surface area contributed by atoms with Crippen LogP contribution < -0.4 is 10.1 Å². The smallest absolute Gasteiger partial charge is 0.315 e. The molecule has 0 aliphatic heterocycles. The normalized spacial score (nSPS) is 11.1. The lowest BCUT2D eigenvalue weighted by molar-refractivity contribution is -0.386. The van der Waals surface area contributed by atoms with Crippen LogP contribution in [0.15, 0.2) is 48.1 Å². The fourth-order valence-corrected chi connectivity index (χ4v) is 2.38. The molecule has 4 N–H and O–H groups in total. The number of nitrogens with zero attached hydrogens (tertiary/aromatic N) is 2. The molecule has 0 atom stereocenters. The van der Waals surface area contributed by atoms with E-state index in [2.05, 4.69) is 5.32 Å². The molecular weight excluding hydrogens is 394 g/mol. The number of carbonyl (C=O) groups is 1. The number of nitro benzene ring substituents is 1. The van der Waals surface area contributed by atoms with Gasteiger partial charge in [-0.3, -0.25) is 14.9 Å². The first-order valence-electron chi connectivity index (χ1n) is 8.39. The van der Waals surface area contributed by atoms with Gasteiger partial charge in [0.05, 0.1) is 12.0 Å². The van der Waals surface area contributed by atoms with Crippen molar-refractivity contribution in [1.82, 2.24) is 5.32 Å². The van der Waals surface area contributed by atoms with Crippen molar-refractivity contribution >= 4 is 17.7 Å². The number of amides is 1. The van der Waals surface area contributed by atoms with Crippen LogP contribution in [0.4, 0.5) is 5.69 Å². The van der Waals surface area contributed by atoms with E-state index in [1.165, 1.54) is 49.6 Å². The number of ether oxygens (including phenoxy) is 1. The third kappa shape index (κ3) is 5.26. The quantitative estimate of drug-likeness (QED) is 0.135. The number of nitrogens with one attached hydrogen (secondary N) is 1. The zero-order chi connectivity index (χ0) is 22.3. The molecule has 0 unspecified atom stereocenters. The number of hydrogen-bond acceptors (Lipinski definition) is 8. The molecule has 0 bridgehead atoms. The molecule has 10 nitrogen and oxygen atoms in total. The molecule has 0 aliphatic carbocycles. The largest absolute Gasteiger partial charge is 0.504 e. The fraction of sp³-hybridized carbons (Fsp3) is 0.100. The summed E-state index contributed by atoms with van der Waals surface area (Å²) in [5.74, 6) is -2.00. The highest BCUT2D eigenvalue weighted by Crippen LogP contribution is 2.37. The van der Waals surface area contributed by atoms with Gasteiger partial charge in [0.15, 0.2) is 17.2 Å². The highest BCUT2D eigenvalue weighted by molar-refractivity contribution is 5.97. The van der Waals surface area contributed by atoms with Crippen LogP contribution in [0.1, 0.15) is 11.1 Å². The standard InChI is InChI=1S/C20H17N3O7/c1-30-18-9-12(7-15(19(18)26)23(28)29)3-2-4-14(10-21)20(27)22-11-13-5-6-16(24)17(25)8-13/h2-9,24-26H,11H2,1H3,(H,22,27). The Morgan fingerprint density at radius 2 is 2.00 bits per heavy atom. The molecule has 10 heteroatoms. The van der Waals surface area contributed by atoms with E-state index < -0.39 is 22.3 Å². The van der Waals surface area contributed by atoms with Gasteiger partial charge in [-0.15, -0.1) is 0 Å². The molecule has 0 radical (unpaired) electrons. The van der Waals surface area contributed by atoms with Crippen molar-refractivity contribution in [2.45, 2.75) is 6.54 Å². The molecule has 30 heavy (non-hydrogen) atoms. The van der Waals surface area contributed by atoms with Crippen LogP contribution in [0.25, 0.3) is 6.08 Å². The Bertz CT molecular complexity index is 1080. The van der Waals surface area contributed by atoms with Crippen LogP contribution in [-0.2, 0) is 11.3 Å². The molecule has 0 fully saturated rings. The Morgan fingerprint density at radius 3 is 2.60 bits per heavy atom. The van der Waals surface area contributed by atoms with E-state index in [-0.39, 0.29) is 29.4 Å². The molecule has 1 amide bonds. The van der Waals surface area contributed by atoms with Gasteiger partial charge in [0.2, 0.25) is 5.75 Å². The number of aromatic hydroxyl groups is 3. The van der Waals surface area contributed by atoms with Crippen LogP contribution in [0, 0.1) is 21.4 Å². The van der Waals surface area contributed by atoms with Crippen molar-refractivity contribution in [2.24, 2.45) is 0 Å². The van der Waals surface area contributed by atoms with E-state index in [4.69, 9.17) is 4.74 Å². The lowest BCUT2D eigenvalue weighted by Gasteiger charge is -2.06. The second kappa shape index (κ2) is 9.61. The highest BCUT2D eigenvalue weighted by Gasteiger charge is 2.19. The number of phenols is 3. The lowest BCUT2D eigenvalue weighted by atomic mass is 10.1. The Morgan fingerprint density at radius 1 is 1.27 bits per heavy atom. The SMILES string of the molecule is COc1cc(C=CC=C(C#N)C(=O)NCc2ccc(O)c(O)c2)cc([N+](=O)[O-])c1O. The van der Waals surface area contributed by atoms with E-state index in [1.54, 1.807) is 6.07 Å². The molecule has 0 aromatic heterocycles. The maximum absolute atomic E-state index is 12.1. The Labute approximate surface area is 170 Å². The third-order valence-electron chi connectivity index (χ3n) is 3.90. The summed E-state index contributed by atoms with van der Waals surface area (Å²) in [5, 5.41) is 51.2. The number of nitriles is 1. The summed E-state index contributed by atoms with van der Waals surface area (Å²) in [7, 11) is 1.25. The minimum atomic E-state index is -0.764. The molecule has 0 spiro atoms. The minimum absolute atomic E-state index is 0.0107. The van der Waals surface area contributed by atoms with Gasteiger partial charge in [0, 0.05) is 12.6 Å². The number of carbonyl (C=O) groups excluding carboxylic acids is 1. The molecular formula is C20H17N3O7. The summed E-state index contributed by atoms with van der Waals surface area (Å²) in [6.45, 7) is 0.0107. The Hall–Kier alpha value is -4.52. The molecule has 2 aromatic rings. The van der Waals surface area contributed by atoms with Gasteiger partial charge in [-0.2, -0.15) is 5.26 Å². The average molecular weight is 411 g/mol. The number of nitro groups is 1. The van der Waals surface area contributed by atoms with Crippen LogP contribution in [0.5, 0.6) is 23.0 Å². The zero-order valence-corrected chi connectivity index (χ0v) is 15.7. The highest BCUT2D eigenvalue weighted by atomic mass is 16.6. The molecule has 0 saturated carbocycles. The first kappa shape index (κ1) is 21.8. The molecule has 2 aromatic carbocycles. The van der Waals surface area contributed by atoms with Crippen molar-refractivity contribution in [3.05, 3.63) is 69.3 Å². The van der Waals surface area contributed by atoms with Crippen molar-refractivity contribution in [2.75, 3.05) is 7.11 Å². The second-order valence-corrected chi connectivity index (χ2v) is 5.91. The predicted molar refractivity (Wildman–Crippen MR) is 106 cm³/mol. The van der Waals surface area contributed by atoms with E-state index in [9.17, 15) is 35.5 Å². The second-order valence-electron chi connectivity index (χ2n) is 5.91. The number of rotatable bonds is 7. The van der Waals surface area contributed by atoms with E-state index in [0.29, 0.717) is 11.1 Å². The monoisotopic (exact) mass is 411 g/mol. The third-order valence-corrected chi connectivity index (χ3v) is 3.90. The lowest BCUT2D eigenvalue weighted by Crippen LogP contribution is -2.23. The maximum Gasteiger partial charge on any atom is 0.315 e. The first-order valence-corrected chi connectivity index (χ1v) is 8.39. The summed E-state index contributed by atoms with van der Waals surface area (Å²) >= 11 is 0. The maximum atomic E-state index is 12.1. The number of benzene rings is 2. The Kier molecular flexibility index (Phi) is 6.97. The molecule has 0 aliphatic rings. The van der Waals surface area contributed by atoms with Gasteiger partial charge in [-0.1, -0.05) is 18.2 Å². The number of methoxy groups -OCH3 is 1. The van der Waals surface area contributed by atoms with Crippen molar-refractivity contribution in [1.29, 1.82) is 5.26 Å². The van der Waals surface area contributed by atoms with Crippen molar-refractivity contribution < 1.29 is 29.8 Å². The molecule has 2 rings (SSSR count). The number of allylic oxidation sites excluding steroid dienone is 2. The average Bonchev–Trinajstić information content (AvgIpc) is 2.72. The van der Waals surface area contributed by atoms with Crippen molar-refractivity contribution in [3.63, 3.8) is 0 Å². The van der Waals surface area contributed by atoms with Gasteiger partial charge in [-0.05, 0) is 35.4 Å². The molecule has 154 valence electrons. The van der Waals surface area contributed by atoms with Gasteiger partial charge in [0.25, 0.3) is 5.91 Å². The minimum Gasteiger partial charge on any atom is -0.504 e. The van der Waals surface area contributed by atoms with Gasteiger partial charge in [0.1, 0.15) is 11.6 Å². The summed E-state index contributed by atoms with van der Waals surface area (Å²) in [6.07, 6.45) is 3.96. The predicted octanol–water partition coefficient (Wildman–Crippen LogP) is 2.50. The summed E-state index contributed by atoms with van der Waals surface area (Å²) in [5.41, 5.74) is 0.0442. The summed E-state index contributed by atoms with van der Waals surface area (Å²) in [4.78, 5) is 22.4. The van der Waals surface area contributed by atoms with Gasteiger partial charge in [-0.25, -0.2) is 0 Å². The van der Waals surface area contributed by atoms with E-state index in [0.717, 1.165) is 6.07 Å². The van der Waals surface area contributed by atoms with Crippen LogP contribution >= 0.6 is 0 Å². The van der Waals surface area contributed by atoms with E-state index >= 15 is 0 Å². The van der Waals surface area contributed by atoms with Gasteiger partial charge >= 0.3 is 5.69 Å². The van der Waals surface area contributed by atoms with Crippen LogP contribution in [-0.4, -0.2) is 33.3 Å².